The molecular weight excluding hydrogens is 278 g/mol. The fourth-order valence-corrected chi connectivity index (χ4v) is 2.45. The summed E-state index contributed by atoms with van der Waals surface area (Å²) in [4.78, 5) is 11.3. The maximum Gasteiger partial charge on any atom is 0.198 e. The van der Waals surface area contributed by atoms with Gasteiger partial charge in [0.05, 0.1) is 5.69 Å². The van der Waals surface area contributed by atoms with E-state index in [-0.39, 0.29) is 5.41 Å². The summed E-state index contributed by atoms with van der Waals surface area (Å²) in [5, 5.41) is 0. The lowest BCUT2D eigenvalue weighted by Crippen LogP contribution is -2.31. The second kappa shape index (κ2) is 4.92. The van der Waals surface area contributed by atoms with Gasteiger partial charge in [0.25, 0.3) is 0 Å². The topological polar surface area (TPSA) is 29.0 Å². The summed E-state index contributed by atoms with van der Waals surface area (Å²) in [7, 11) is 0. The third kappa shape index (κ3) is 3.18. The van der Waals surface area contributed by atoms with E-state index in [0.29, 0.717) is 4.73 Å². The van der Waals surface area contributed by atoms with Crippen molar-refractivity contribution in [1.82, 2.24) is 9.97 Å². The Morgan fingerprint density at radius 1 is 1.12 bits per heavy atom. The van der Waals surface area contributed by atoms with Gasteiger partial charge in [0.15, 0.2) is 4.73 Å². The number of anilines is 1. The summed E-state index contributed by atoms with van der Waals surface area (Å²) < 4.78 is 0.700. The van der Waals surface area contributed by atoms with Crippen LogP contribution in [0.2, 0.25) is 0 Å². The van der Waals surface area contributed by atoms with Gasteiger partial charge in [-0.1, -0.05) is 20.8 Å². The van der Waals surface area contributed by atoms with Crippen LogP contribution in [0.3, 0.4) is 0 Å². The summed E-state index contributed by atoms with van der Waals surface area (Å²) in [6.07, 6.45) is 3.88. The number of hydrogen-bond acceptors (Lipinski definition) is 3. The average molecular weight is 298 g/mol. The fourth-order valence-electron chi connectivity index (χ4n) is 2.07. The van der Waals surface area contributed by atoms with Crippen LogP contribution in [0.15, 0.2) is 10.8 Å². The van der Waals surface area contributed by atoms with Crippen LogP contribution >= 0.6 is 15.9 Å². The Labute approximate surface area is 112 Å². The zero-order chi connectivity index (χ0) is 12.5. The highest BCUT2D eigenvalue weighted by Gasteiger charge is 2.20. The molecule has 0 saturated carbocycles. The Morgan fingerprint density at radius 3 is 2.35 bits per heavy atom. The zero-order valence-electron chi connectivity index (χ0n) is 10.8. The van der Waals surface area contributed by atoms with Gasteiger partial charge >= 0.3 is 0 Å². The summed E-state index contributed by atoms with van der Waals surface area (Å²) in [5.41, 5.74) is 1.16. The van der Waals surface area contributed by atoms with Crippen molar-refractivity contribution < 1.29 is 0 Å². The van der Waals surface area contributed by atoms with E-state index in [1.165, 1.54) is 19.3 Å². The van der Waals surface area contributed by atoms with Crippen molar-refractivity contribution in [3.05, 3.63) is 16.5 Å². The second-order valence-corrected chi connectivity index (χ2v) is 6.39. The van der Waals surface area contributed by atoms with Crippen molar-refractivity contribution in [3.63, 3.8) is 0 Å². The van der Waals surface area contributed by atoms with Crippen LogP contribution in [-0.2, 0) is 5.41 Å². The molecule has 0 aromatic carbocycles. The SMILES string of the molecule is CC(C)(C)c1cc(N2CCCCC2)nc(Br)n1. The van der Waals surface area contributed by atoms with Crippen molar-refractivity contribution in [2.45, 2.75) is 45.4 Å². The molecular formula is C13H20BrN3. The molecule has 1 aromatic rings. The molecule has 2 rings (SSSR count). The Hall–Kier alpha value is -0.640. The summed E-state index contributed by atoms with van der Waals surface area (Å²) in [6, 6.07) is 2.13. The lowest BCUT2D eigenvalue weighted by atomic mass is 9.92. The molecule has 2 heterocycles. The first-order valence-electron chi connectivity index (χ1n) is 6.27. The number of halogens is 1. The Kier molecular flexibility index (Phi) is 3.71. The second-order valence-electron chi connectivity index (χ2n) is 5.68. The molecule has 17 heavy (non-hydrogen) atoms. The Balaban J connectivity index is 2.31. The van der Waals surface area contributed by atoms with Crippen molar-refractivity contribution in [2.75, 3.05) is 18.0 Å². The predicted molar refractivity (Wildman–Crippen MR) is 74.5 cm³/mol. The molecule has 1 fully saturated rings. The Bertz CT molecular complexity index is 392. The standard InChI is InChI=1S/C13H20BrN3/c1-13(2,3)10-9-11(16-12(14)15-10)17-7-5-4-6-8-17/h9H,4-8H2,1-3H3. The number of nitrogens with zero attached hydrogens (tertiary/aromatic N) is 3. The van der Waals surface area contributed by atoms with E-state index < -0.39 is 0 Å². The summed E-state index contributed by atoms with van der Waals surface area (Å²) in [6.45, 7) is 8.78. The molecule has 94 valence electrons. The van der Waals surface area contributed by atoms with Gasteiger partial charge in [-0.3, -0.25) is 0 Å². The van der Waals surface area contributed by atoms with E-state index in [4.69, 9.17) is 0 Å². The average Bonchev–Trinajstić information content (AvgIpc) is 2.28. The highest BCUT2D eigenvalue weighted by atomic mass is 79.9. The molecule has 0 unspecified atom stereocenters. The zero-order valence-corrected chi connectivity index (χ0v) is 12.4. The van der Waals surface area contributed by atoms with Crippen LogP contribution in [0.25, 0.3) is 0 Å². The molecule has 1 aromatic heterocycles. The number of aromatic nitrogens is 2. The molecule has 1 aliphatic heterocycles. The first kappa shape index (κ1) is 12.8. The largest absolute Gasteiger partial charge is 0.356 e. The molecule has 1 aliphatic rings. The van der Waals surface area contributed by atoms with Crippen molar-refractivity contribution in [2.24, 2.45) is 0 Å². The predicted octanol–water partition coefficient (Wildman–Crippen LogP) is 3.53. The lowest BCUT2D eigenvalue weighted by molar-refractivity contribution is 0.554. The Morgan fingerprint density at radius 2 is 1.76 bits per heavy atom. The van der Waals surface area contributed by atoms with Crippen molar-refractivity contribution in [1.29, 1.82) is 0 Å². The van der Waals surface area contributed by atoms with E-state index in [2.05, 4.69) is 57.6 Å². The van der Waals surface area contributed by atoms with Crippen LogP contribution in [0, 0.1) is 0 Å². The van der Waals surface area contributed by atoms with Gasteiger partial charge in [0, 0.05) is 24.6 Å². The minimum absolute atomic E-state index is 0.0655. The number of piperidine rings is 1. The molecule has 0 aliphatic carbocycles. The van der Waals surface area contributed by atoms with Gasteiger partial charge in [0.2, 0.25) is 0 Å². The first-order valence-corrected chi connectivity index (χ1v) is 7.06. The molecule has 0 N–H and O–H groups in total. The fraction of sp³-hybridized carbons (Fsp3) is 0.692. The van der Waals surface area contributed by atoms with E-state index in [1.807, 2.05) is 0 Å². The molecule has 0 atom stereocenters. The third-order valence-corrected chi connectivity index (χ3v) is 3.49. The summed E-state index contributed by atoms with van der Waals surface area (Å²) >= 11 is 3.42. The van der Waals surface area contributed by atoms with Crippen LogP contribution in [0.1, 0.15) is 45.7 Å². The van der Waals surface area contributed by atoms with Gasteiger partial charge in [0.1, 0.15) is 5.82 Å². The monoisotopic (exact) mass is 297 g/mol. The van der Waals surface area contributed by atoms with E-state index in [9.17, 15) is 0 Å². The van der Waals surface area contributed by atoms with Gasteiger partial charge in [-0.15, -0.1) is 0 Å². The molecule has 0 amide bonds. The van der Waals surface area contributed by atoms with Crippen molar-refractivity contribution >= 4 is 21.7 Å². The molecule has 4 heteroatoms. The normalized spacial score (nSPS) is 17.3. The highest BCUT2D eigenvalue weighted by molar-refractivity contribution is 9.10. The minimum Gasteiger partial charge on any atom is -0.356 e. The third-order valence-electron chi connectivity index (χ3n) is 3.13. The highest BCUT2D eigenvalue weighted by Crippen LogP contribution is 2.26. The number of rotatable bonds is 1. The molecule has 0 radical (unpaired) electrons. The maximum atomic E-state index is 4.50. The van der Waals surface area contributed by atoms with Gasteiger partial charge in [-0.05, 0) is 35.2 Å². The molecule has 1 saturated heterocycles. The van der Waals surface area contributed by atoms with Crippen LogP contribution in [-0.4, -0.2) is 23.1 Å². The number of hydrogen-bond donors (Lipinski definition) is 0. The van der Waals surface area contributed by atoms with E-state index in [0.717, 1.165) is 24.6 Å². The maximum absolute atomic E-state index is 4.50. The van der Waals surface area contributed by atoms with Crippen molar-refractivity contribution in [3.8, 4) is 0 Å². The quantitative estimate of drug-likeness (QED) is 0.743. The van der Waals surface area contributed by atoms with Crippen LogP contribution in [0.5, 0.6) is 0 Å². The van der Waals surface area contributed by atoms with Gasteiger partial charge in [-0.25, -0.2) is 9.97 Å². The van der Waals surface area contributed by atoms with E-state index >= 15 is 0 Å². The first-order chi connectivity index (χ1) is 7.97. The van der Waals surface area contributed by atoms with Gasteiger partial charge < -0.3 is 4.90 Å². The molecule has 3 nitrogen and oxygen atoms in total. The summed E-state index contributed by atoms with van der Waals surface area (Å²) in [5.74, 6) is 1.07. The minimum atomic E-state index is 0.0655. The van der Waals surface area contributed by atoms with Gasteiger partial charge in [-0.2, -0.15) is 0 Å². The van der Waals surface area contributed by atoms with E-state index in [1.54, 1.807) is 0 Å². The van der Waals surface area contributed by atoms with Crippen LogP contribution < -0.4 is 4.90 Å². The lowest BCUT2D eigenvalue weighted by Gasteiger charge is -2.29. The molecule has 0 spiro atoms. The van der Waals surface area contributed by atoms with Crippen LogP contribution in [0.4, 0.5) is 5.82 Å². The smallest absolute Gasteiger partial charge is 0.198 e. The molecule has 0 bridgehead atoms.